The molecule has 25 heavy (non-hydrogen) atoms. The van der Waals surface area contributed by atoms with Gasteiger partial charge in [-0.1, -0.05) is 72.3 Å². The highest BCUT2D eigenvalue weighted by molar-refractivity contribution is 6.31. The predicted molar refractivity (Wildman–Crippen MR) is 99.1 cm³/mol. The fourth-order valence-electron chi connectivity index (χ4n) is 2.57. The van der Waals surface area contributed by atoms with Crippen LogP contribution in [0.1, 0.15) is 11.3 Å². The molecule has 5 heteroatoms. The first kappa shape index (κ1) is 16.7. The maximum Gasteiger partial charge on any atom is 0.277 e. The first-order chi connectivity index (χ1) is 12.2. The lowest BCUT2D eigenvalue weighted by molar-refractivity contribution is 0.755. The van der Waals surface area contributed by atoms with Crippen molar-refractivity contribution in [1.82, 2.24) is 9.55 Å². The first-order valence-corrected chi connectivity index (χ1v) is 8.04. The molecule has 0 fully saturated rings. The van der Waals surface area contributed by atoms with E-state index in [1.807, 2.05) is 66.7 Å². The van der Waals surface area contributed by atoms with Crippen molar-refractivity contribution in [2.24, 2.45) is 0 Å². The molecule has 3 rings (SSSR count). The highest BCUT2D eigenvalue weighted by Crippen LogP contribution is 2.26. The number of benzene rings is 2. The quantitative estimate of drug-likeness (QED) is 0.666. The van der Waals surface area contributed by atoms with Crippen molar-refractivity contribution in [1.29, 1.82) is 5.26 Å². The topological polar surface area (TPSA) is 58.7 Å². The average molecular weight is 348 g/mol. The molecule has 0 aliphatic carbocycles. The largest absolute Gasteiger partial charge is 0.299 e. The summed E-state index contributed by atoms with van der Waals surface area (Å²) in [5.41, 5.74) is 2.19. The van der Waals surface area contributed by atoms with Crippen LogP contribution in [-0.4, -0.2) is 9.55 Å². The fraction of sp³-hybridized carbons (Fsp3) is 0.0500. The Morgan fingerprint density at radius 1 is 1.08 bits per heavy atom. The Morgan fingerprint density at radius 2 is 1.72 bits per heavy atom. The van der Waals surface area contributed by atoms with Gasteiger partial charge in [-0.2, -0.15) is 5.26 Å². The molecule has 0 aliphatic rings. The Morgan fingerprint density at radius 3 is 2.36 bits per heavy atom. The molecule has 0 atom stereocenters. The Hall–Kier alpha value is -3.16. The van der Waals surface area contributed by atoms with Crippen LogP contribution in [0, 0.1) is 11.3 Å². The van der Waals surface area contributed by atoms with E-state index < -0.39 is 0 Å². The Labute approximate surface area is 150 Å². The summed E-state index contributed by atoms with van der Waals surface area (Å²) >= 11 is 6.40. The third-order valence-corrected chi connectivity index (χ3v) is 3.96. The van der Waals surface area contributed by atoms with Gasteiger partial charge in [-0.05, 0) is 11.6 Å². The number of hydrogen-bond acceptors (Lipinski definition) is 3. The smallest absolute Gasteiger partial charge is 0.277 e. The van der Waals surface area contributed by atoms with Crippen LogP contribution in [0.15, 0.2) is 71.5 Å². The van der Waals surface area contributed by atoms with Crippen LogP contribution in [0.5, 0.6) is 0 Å². The van der Waals surface area contributed by atoms with Crippen LogP contribution in [0.2, 0.25) is 5.15 Å². The summed E-state index contributed by atoms with van der Waals surface area (Å²) in [5, 5.41) is 8.94. The second-order valence-electron chi connectivity index (χ2n) is 5.34. The SMILES string of the molecule is N#C/C=C/c1nc(Cl)c(-c2ccccc2)n(Cc2ccccc2)c1=O. The Kier molecular flexibility index (Phi) is 5.08. The van der Waals surface area contributed by atoms with Crippen LogP contribution in [0.4, 0.5) is 0 Å². The van der Waals surface area contributed by atoms with Gasteiger partial charge >= 0.3 is 0 Å². The number of allylic oxidation sites excluding steroid dienone is 1. The summed E-state index contributed by atoms with van der Waals surface area (Å²) in [4.78, 5) is 17.1. The lowest BCUT2D eigenvalue weighted by Gasteiger charge is -2.15. The zero-order chi connectivity index (χ0) is 17.6. The van der Waals surface area contributed by atoms with Crippen LogP contribution in [0.25, 0.3) is 17.3 Å². The fourth-order valence-corrected chi connectivity index (χ4v) is 2.87. The van der Waals surface area contributed by atoms with E-state index in [4.69, 9.17) is 16.9 Å². The molecule has 122 valence electrons. The van der Waals surface area contributed by atoms with E-state index in [0.29, 0.717) is 12.2 Å². The molecule has 0 unspecified atom stereocenters. The molecule has 2 aromatic carbocycles. The van der Waals surface area contributed by atoms with E-state index in [2.05, 4.69) is 4.98 Å². The van der Waals surface area contributed by atoms with E-state index in [0.717, 1.165) is 11.1 Å². The van der Waals surface area contributed by atoms with Gasteiger partial charge in [-0.3, -0.25) is 9.36 Å². The number of nitriles is 1. The molecule has 0 spiro atoms. The lowest BCUT2D eigenvalue weighted by Crippen LogP contribution is -2.26. The number of halogens is 1. The minimum Gasteiger partial charge on any atom is -0.299 e. The van der Waals surface area contributed by atoms with E-state index in [-0.39, 0.29) is 16.4 Å². The van der Waals surface area contributed by atoms with E-state index in [1.165, 1.54) is 12.2 Å². The molecule has 3 aromatic rings. The highest BCUT2D eigenvalue weighted by Gasteiger charge is 2.16. The standard InChI is InChI=1S/C20H14ClN3O/c21-19-18(16-10-5-2-6-11-16)24(14-15-8-3-1-4-9-15)20(25)17(23-19)12-7-13-22/h1-12H,14H2/b12-7+. The lowest BCUT2D eigenvalue weighted by atomic mass is 10.1. The summed E-state index contributed by atoms with van der Waals surface area (Å²) in [7, 11) is 0. The van der Waals surface area contributed by atoms with E-state index in [1.54, 1.807) is 4.57 Å². The monoisotopic (exact) mass is 347 g/mol. The molecule has 0 N–H and O–H groups in total. The van der Waals surface area contributed by atoms with Gasteiger partial charge in [0.25, 0.3) is 5.56 Å². The third-order valence-electron chi connectivity index (χ3n) is 3.69. The Bertz CT molecular complexity index is 1000. The summed E-state index contributed by atoms with van der Waals surface area (Å²) in [6.07, 6.45) is 2.60. The molecular formula is C20H14ClN3O. The molecule has 0 aliphatic heterocycles. The van der Waals surface area contributed by atoms with Gasteiger partial charge in [0.05, 0.1) is 18.3 Å². The zero-order valence-corrected chi connectivity index (χ0v) is 14.0. The second-order valence-corrected chi connectivity index (χ2v) is 5.70. The van der Waals surface area contributed by atoms with Crippen molar-refractivity contribution < 1.29 is 0 Å². The van der Waals surface area contributed by atoms with Crippen molar-refractivity contribution >= 4 is 17.7 Å². The van der Waals surface area contributed by atoms with Gasteiger partial charge in [0.15, 0.2) is 5.15 Å². The van der Waals surface area contributed by atoms with Crippen LogP contribution >= 0.6 is 11.6 Å². The van der Waals surface area contributed by atoms with Gasteiger partial charge in [-0.25, -0.2) is 4.98 Å². The summed E-state index contributed by atoms with van der Waals surface area (Å²) < 4.78 is 1.59. The summed E-state index contributed by atoms with van der Waals surface area (Å²) in [6.45, 7) is 0.361. The van der Waals surface area contributed by atoms with Gasteiger partial charge < -0.3 is 0 Å². The van der Waals surface area contributed by atoms with Gasteiger partial charge in [0, 0.05) is 11.6 Å². The molecule has 0 saturated heterocycles. The maximum atomic E-state index is 12.9. The molecule has 1 heterocycles. The second kappa shape index (κ2) is 7.61. The minimum atomic E-state index is -0.293. The maximum absolute atomic E-state index is 12.9. The minimum absolute atomic E-state index is 0.141. The van der Waals surface area contributed by atoms with Gasteiger partial charge in [0.1, 0.15) is 5.69 Å². The summed E-state index contributed by atoms with van der Waals surface area (Å²) in [6, 6.07) is 20.9. The normalized spacial score (nSPS) is 10.7. The van der Waals surface area contributed by atoms with Crippen molar-refractivity contribution in [3.63, 3.8) is 0 Å². The zero-order valence-electron chi connectivity index (χ0n) is 13.3. The van der Waals surface area contributed by atoms with Crippen LogP contribution < -0.4 is 5.56 Å². The molecule has 0 saturated carbocycles. The molecule has 0 amide bonds. The van der Waals surface area contributed by atoms with Crippen molar-refractivity contribution in [3.8, 4) is 17.3 Å². The number of hydrogen-bond donors (Lipinski definition) is 0. The highest BCUT2D eigenvalue weighted by atomic mass is 35.5. The van der Waals surface area contributed by atoms with Gasteiger partial charge in [0.2, 0.25) is 0 Å². The average Bonchev–Trinajstić information content (AvgIpc) is 2.65. The number of nitrogens with zero attached hydrogens (tertiary/aromatic N) is 3. The van der Waals surface area contributed by atoms with Crippen LogP contribution in [-0.2, 0) is 6.54 Å². The molecule has 1 aromatic heterocycles. The first-order valence-electron chi connectivity index (χ1n) is 7.66. The predicted octanol–water partition coefficient (Wildman–Crippen LogP) is 4.15. The molecule has 0 bridgehead atoms. The molecular weight excluding hydrogens is 334 g/mol. The molecule has 0 radical (unpaired) electrons. The molecule has 4 nitrogen and oxygen atoms in total. The van der Waals surface area contributed by atoms with Crippen molar-refractivity contribution in [2.45, 2.75) is 6.54 Å². The van der Waals surface area contributed by atoms with E-state index >= 15 is 0 Å². The van der Waals surface area contributed by atoms with Crippen LogP contribution in [0.3, 0.4) is 0 Å². The summed E-state index contributed by atoms with van der Waals surface area (Å²) in [5.74, 6) is 0. The number of rotatable bonds is 4. The van der Waals surface area contributed by atoms with Gasteiger partial charge in [-0.15, -0.1) is 0 Å². The third kappa shape index (κ3) is 3.68. The van der Waals surface area contributed by atoms with E-state index in [9.17, 15) is 4.79 Å². The van der Waals surface area contributed by atoms with Crippen molar-refractivity contribution in [3.05, 3.63) is 93.5 Å². The van der Waals surface area contributed by atoms with Crippen molar-refractivity contribution in [2.75, 3.05) is 0 Å². The number of aromatic nitrogens is 2. The Balaban J connectivity index is 2.24.